The number of benzene rings is 1. The van der Waals surface area contributed by atoms with E-state index in [0.29, 0.717) is 10.8 Å². The maximum atomic E-state index is 9.05. The summed E-state index contributed by atoms with van der Waals surface area (Å²) >= 11 is 5.89. The molecule has 0 aliphatic carbocycles. The average molecular weight is 238 g/mol. The molecule has 0 aliphatic heterocycles. The maximum absolute atomic E-state index is 9.05. The molecule has 1 aromatic heterocycles. The minimum atomic E-state index is -0.115. The molecule has 1 N–H and O–H groups in total. The Morgan fingerprint density at radius 2 is 2.12 bits per heavy atom. The number of nitrogens with zero attached hydrogens (tertiary/aromatic N) is 3. The predicted octanol–water partition coefficient (Wildman–Crippen LogP) is 1.94. The van der Waals surface area contributed by atoms with Crippen LogP contribution in [0.4, 0.5) is 0 Å². The van der Waals surface area contributed by atoms with E-state index < -0.39 is 0 Å². The Morgan fingerprint density at radius 1 is 1.38 bits per heavy atom. The largest absolute Gasteiger partial charge is 0.388 e. The molecule has 16 heavy (non-hydrogen) atoms. The third-order valence-corrected chi connectivity index (χ3v) is 2.77. The molecule has 2 aromatic rings. The molecule has 4 nitrogen and oxygen atoms in total. The van der Waals surface area contributed by atoms with Gasteiger partial charge in [0.15, 0.2) is 11.6 Å². The molecule has 2 rings (SSSR count). The van der Waals surface area contributed by atoms with Crippen LogP contribution < -0.4 is 0 Å². The smallest absolute Gasteiger partial charge is 0.164 e. The zero-order valence-corrected chi connectivity index (χ0v) is 9.86. The standard InChI is InChI=1S/C11H12ClN3O/c1-7-5-8(12)3-4-9(7)11-14-13-10(6-16)15(11)2/h3-5,16H,6H2,1-2H3. The summed E-state index contributed by atoms with van der Waals surface area (Å²) in [5.74, 6) is 1.28. The van der Waals surface area contributed by atoms with Gasteiger partial charge in [0.2, 0.25) is 0 Å². The Bertz CT molecular complexity index is 522. The molecule has 0 radical (unpaired) electrons. The molecular formula is C11H12ClN3O. The molecule has 1 heterocycles. The van der Waals surface area contributed by atoms with E-state index in [-0.39, 0.29) is 6.61 Å². The fourth-order valence-corrected chi connectivity index (χ4v) is 1.84. The lowest BCUT2D eigenvalue weighted by molar-refractivity contribution is 0.267. The van der Waals surface area contributed by atoms with Crippen LogP contribution in [0.25, 0.3) is 11.4 Å². The molecule has 0 unspecified atom stereocenters. The van der Waals surface area contributed by atoms with Crippen LogP contribution in [0.1, 0.15) is 11.4 Å². The summed E-state index contributed by atoms with van der Waals surface area (Å²) in [5.41, 5.74) is 2.01. The summed E-state index contributed by atoms with van der Waals surface area (Å²) in [7, 11) is 1.83. The zero-order chi connectivity index (χ0) is 11.7. The highest BCUT2D eigenvalue weighted by Gasteiger charge is 2.11. The van der Waals surface area contributed by atoms with Crippen molar-refractivity contribution in [3.63, 3.8) is 0 Å². The summed E-state index contributed by atoms with van der Waals surface area (Å²) in [6.07, 6.45) is 0. The Labute approximate surface area is 98.5 Å². The van der Waals surface area contributed by atoms with Crippen LogP contribution >= 0.6 is 11.6 Å². The number of aryl methyl sites for hydroxylation is 1. The van der Waals surface area contributed by atoms with E-state index in [0.717, 1.165) is 17.0 Å². The van der Waals surface area contributed by atoms with Gasteiger partial charge in [-0.05, 0) is 30.7 Å². The predicted molar refractivity (Wildman–Crippen MR) is 62.1 cm³/mol. The number of aromatic nitrogens is 3. The minimum Gasteiger partial charge on any atom is -0.388 e. The summed E-state index contributed by atoms with van der Waals surface area (Å²) in [6.45, 7) is 1.85. The molecule has 0 saturated heterocycles. The first-order valence-corrected chi connectivity index (χ1v) is 5.27. The topological polar surface area (TPSA) is 50.9 Å². The molecule has 0 atom stereocenters. The number of halogens is 1. The maximum Gasteiger partial charge on any atom is 0.164 e. The summed E-state index contributed by atoms with van der Waals surface area (Å²) in [4.78, 5) is 0. The van der Waals surface area contributed by atoms with Crippen LogP contribution in [0, 0.1) is 6.92 Å². The lowest BCUT2D eigenvalue weighted by atomic mass is 10.1. The molecule has 0 amide bonds. The summed E-state index contributed by atoms with van der Waals surface area (Å²) in [5, 5.41) is 17.7. The van der Waals surface area contributed by atoms with E-state index in [2.05, 4.69) is 10.2 Å². The van der Waals surface area contributed by atoms with Crippen molar-refractivity contribution in [1.29, 1.82) is 0 Å². The van der Waals surface area contributed by atoms with Gasteiger partial charge in [0.05, 0.1) is 0 Å². The van der Waals surface area contributed by atoms with Gasteiger partial charge in [-0.1, -0.05) is 11.6 Å². The van der Waals surface area contributed by atoms with Gasteiger partial charge in [-0.3, -0.25) is 0 Å². The molecule has 0 spiro atoms. The van der Waals surface area contributed by atoms with Crippen LogP contribution in [0.3, 0.4) is 0 Å². The van der Waals surface area contributed by atoms with Crippen LogP contribution in [-0.2, 0) is 13.7 Å². The number of aliphatic hydroxyl groups excluding tert-OH is 1. The first-order valence-electron chi connectivity index (χ1n) is 4.89. The van der Waals surface area contributed by atoms with Crippen molar-refractivity contribution in [3.8, 4) is 11.4 Å². The number of hydrogen-bond donors (Lipinski definition) is 1. The molecule has 5 heteroatoms. The fraction of sp³-hybridized carbons (Fsp3) is 0.273. The van der Waals surface area contributed by atoms with E-state index in [4.69, 9.17) is 16.7 Å². The van der Waals surface area contributed by atoms with Crippen LogP contribution in [0.5, 0.6) is 0 Å². The van der Waals surface area contributed by atoms with E-state index in [1.54, 1.807) is 4.57 Å². The van der Waals surface area contributed by atoms with Gasteiger partial charge < -0.3 is 9.67 Å². The van der Waals surface area contributed by atoms with E-state index >= 15 is 0 Å². The Morgan fingerprint density at radius 3 is 2.69 bits per heavy atom. The van der Waals surface area contributed by atoms with Crippen molar-refractivity contribution in [2.75, 3.05) is 0 Å². The second kappa shape index (κ2) is 4.23. The lowest BCUT2D eigenvalue weighted by Crippen LogP contribution is -1.99. The van der Waals surface area contributed by atoms with Crippen LogP contribution in [0.2, 0.25) is 5.02 Å². The number of rotatable bonds is 2. The fourth-order valence-electron chi connectivity index (χ4n) is 1.61. The minimum absolute atomic E-state index is 0.115. The molecule has 84 valence electrons. The third-order valence-electron chi connectivity index (χ3n) is 2.54. The van der Waals surface area contributed by atoms with Crippen molar-refractivity contribution in [2.45, 2.75) is 13.5 Å². The summed E-state index contributed by atoms with van der Waals surface area (Å²) in [6, 6.07) is 5.60. The number of hydrogen-bond acceptors (Lipinski definition) is 3. The van der Waals surface area contributed by atoms with Crippen molar-refractivity contribution in [3.05, 3.63) is 34.6 Å². The molecule has 0 saturated carbocycles. The quantitative estimate of drug-likeness (QED) is 0.869. The molecule has 1 aromatic carbocycles. The van der Waals surface area contributed by atoms with Gasteiger partial charge in [0.1, 0.15) is 6.61 Å². The molecular weight excluding hydrogens is 226 g/mol. The normalized spacial score (nSPS) is 10.8. The second-order valence-electron chi connectivity index (χ2n) is 3.62. The van der Waals surface area contributed by atoms with Gasteiger partial charge in [-0.2, -0.15) is 0 Å². The van der Waals surface area contributed by atoms with Crippen molar-refractivity contribution in [1.82, 2.24) is 14.8 Å². The van der Waals surface area contributed by atoms with Crippen LogP contribution in [-0.4, -0.2) is 19.9 Å². The molecule has 0 fully saturated rings. The Balaban J connectivity index is 2.54. The van der Waals surface area contributed by atoms with Gasteiger partial charge in [0, 0.05) is 17.6 Å². The first kappa shape index (κ1) is 11.1. The second-order valence-corrected chi connectivity index (χ2v) is 4.05. The van der Waals surface area contributed by atoms with Crippen LogP contribution in [0.15, 0.2) is 18.2 Å². The Kier molecular flexibility index (Phi) is 2.94. The monoisotopic (exact) mass is 237 g/mol. The highest BCUT2D eigenvalue weighted by Crippen LogP contribution is 2.24. The van der Waals surface area contributed by atoms with Crippen molar-refractivity contribution >= 4 is 11.6 Å². The van der Waals surface area contributed by atoms with E-state index in [9.17, 15) is 0 Å². The lowest BCUT2D eigenvalue weighted by Gasteiger charge is -2.06. The highest BCUT2D eigenvalue weighted by molar-refractivity contribution is 6.30. The summed E-state index contributed by atoms with van der Waals surface area (Å²) < 4.78 is 1.77. The van der Waals surface area contributed by atoms with E-state index in [1.165, 1.54) is 0 Å². The SMILES string of the molecule is Cc1cc(Cl)ccc1-c1nnc(CO)n1C. The number of aliphatic hydroxyl groups is 1. The van der Waals surface area contributed by atoms with Gasteiger partial charge >= 0.3 is 0 Å². The van der Waals surface area contributed by atoms with Gasteiger partial charge in [-0.15, -0.1) is 10.2 Å². The van der Waals surface area contributed by atoms with Gasteiger partial charge in [0.25, 0.3) is 0 Å². The zero-order valence-electron chi connectivity index (χ0n) is 9.11. The Hall–Kier alpha value is -1.39. The third kappa shape index (κ3) is 1.81. The molecule has 0 bridgehead atoms. The molecule has 0 aliphatic rings. The van der Waals surface area contributed by atoms with E-state index in [1.807, 2.05) is 32.2 Å². The first-order chi connectivity index (χ1) is 7.63. The average Bonchev–Trinajstić information content (AvgIpc) is 2.60. The van der Waals surface area contributed by atoms with Crippen molar-refractivity contribution < 1.29 is 5.11 Å². The van der Waals surface area contributed by atoms with Gasteiger partial charge in [-0.25, -0.2) is 0 Å². The van der Waals surface area contributed by atoms with Crippen molar-refractivity contribution in [2.24, 2.45) is 7.05 Å². The highest BCUT2D eigenvalue weighted by atomic mass is 35.5.